The van der Waals surface area contributed by atoms with Crippen LogP contribution in [0, 0.1) is 10.1 Å². The molecule has 0 spiro atoms. The highest BCUT2D eigenvalue weighted by Gasteiger charge is 2.04. The summed E-state index contributed by atoms with van der Waals surface area (Å²) in [6, 6.07) is 19.6. The average Bonchev–Trinajstić information content (AvgIpc) is 2.82. The maximum atomic E-state index is 11.7. The van der Waals surface area contributed by atoms with E-state index in [-0.39, 0.29) is 11.7 Å². The third kappa shape index (κ3) is 6.91. The van der Waals surface area contributed by atoms with Gasteiger partial charge in [0.25, 0.3) is 5.69 Å². The van der Waals surface area contributed by atoms with Gasteiger partial charge in [0.2, 0.25) is 0 Å². The van der Waals surface area contributed by atoms with Crippen molar-refractivity contribution >= 4 is 34.4 Å². The molecule has 0 atom stereocenters. The number of ether oxygens (including phenoxy) is 1. The summed E-state index contributed by atoms with van der Waals surface area (Å²) in [4.78, 5) is 21.9. The lowest BCUT2D eigenvalue weighted by Crippen LogP contribution is -2.06. The van der Waals surface area contributed by atoms with Gasteiger partial charge in [0, 0.05) is 18.6 Å². The number of nitro groups is 1. The lowest BCUT2D eigenvalue weighted by molar-refractivity contribution is -0.384. The summed E-state index contributed by atoms with van der Waals surface area (Å²) in [6.07, 6.45) is 2.15. The minimum atomic E-state index is -0.466. The SMILES string of the molecule is CCCCC(=O)Oc1ccc(N=Nc2ccc(N=Nc3ccc([N+](=O)[O-])cc3)cc2)cc1. The van der Waals surface area contributed by atoms with E-state index in [0.717, 1.165) is 12.8 Å². The number of esters is 1. The molecule has 0 saturated carbocycles. The Kier molecular flexibility index (Phi) is 7.85. The lowest BCUT2D eigenvalue weighted by Gasteiger charge is -2.03. The Balaban J connectivity index is 1.55. The van der Waals surface area contributed by atoms with E-state index in [1.54, 1.807) is 48.5 Å². The van der Waals surface area contributed by atoms with E-state index >= 15 is 0 Å². The van der Waals surface area contributed by atoms with Crippen molar-refractivity contribution in [3.8, 4) is 5.75 Å². The van der Waals surface area contributed by atoms with Gasteiger partial charge in [0.05, 0.1) is 27.7 Å². The van der Waals surface area contributed by atoms with Gasteiger partial charge in [-0.05, 0) is 67.1 Å². The summed E-state index contributed by atoms with van der Waals surface area (Å²) in [5.74, 6) is 0.236. The molecule has 32 heavy (non-hydrogen) atoms. The molecule has 0 N–H and O–H groups in total. The molecule has 9 heteroatoms. The van der Waals surface area contributed by atoms with Crippen LogP contribution in [0.3, 0.4) is 0 Å². The van der Waals surface area contributed by atoms with Crippen LogP contribution < -0.4 is 4.74 Å². The van der Waals surface area contributed by atoms with Gasteiger partial charge < -0.3 is 4.74 Å². The van der Waals surface area contributed by atoms with Crippen molar-refractivity contribution in [1.82, 2.24) is 0 Å². The van der Waals surface area contributed by atoms with Crippen LogP contribution in [0.1, 0.15) is 26.2 Å². The summed E-state index contributed by atoms with van der Waals surface area (Å²) in [5.41, 5.74) is 2.38. The molecule has 9 nitrogen and oxygen atoms in total. The quantitative estimate of drug-likeness (QED) is 0.114. The van der Waals surface area contributed by atoms with Crippen molar-refractivity contribution in [1.29, 1.82) is 0 Å². The predicted octanol–water partition coefficient (Wildman–Crippen LogP) is 7.52. The van der Waals surface area contributed by atoms with Crippen molar-refractivity contribution in [2.45, 2.75) is 26.2 Å². The van der Waals surface area contributed by atoms with Crippen LogP contribution in [0.2, 0.25) is 0 Å². The average molecular weight is 431 g/mol. The van der Waals surface area contributed by atoms with E-state index < -0.39 is 4.92 Å². The molecule has 0 aliphatic heterocycles. The summed E-state index contributed by atoms with van der Waals surface area (Å²) >= 11 is 0. The smallest absolute Gasteiger partial charge is 0.311 e. The van der Waals surface area contributed by atoms with E-state index in [4.69, 9.17) is 4.74 Å². The minimum Gasteiger partial charge on any atom is -0.427 e. The van der Waals surface area contributed by atoms with E-state index in [1.165, 1.54) is 24.3 Å². The number of carbonyl (C=O) groups excluding carboxylic acids is 1. The Morgan fingerprint density at radius 2 is 1.19 bits per heavy atom. The first-order valence-corrected chi connectivity index (χ1v) is 10.0. The Morgan fingerprint density at radius 3 is 1.59 bits per heavy atom. The zero-order valence-electron chi connectivity index (χ0n) is 17.4. The van der Waals surface area contributed by atoms with Crippen LogP contribution in [0.25, 0.3) is 0 Å². The predicted molar refractivity (Wildman–Crippen MR) is 119 cm³/mol. The number of azo groups is 2. The fraction of sp³-hybridized carbons (Fsp3) is 0.174. The highest BCUT2D eigenvalue weighted by molar-refractivity contribution is 5.72. The number of rotatable bonds is 9. The number of nitrogens with zero attached hydrogens (tertiary/aromatic N) is 5. The zero-order chi connectivity index (χ0) is 22.8. The molecule has 3 aromatic rings. The number of hydrogen-bond acceptors (Lipinski definition) is 8. The standard InChI is InChI=1S/C23H21N5O4/c1-2-3-4-23(29)32-22-15-11-20(12-16-22)27-25-18-7-5-17(6-8-18)24-26-19-9-13-21(14-10-19)28(30)31/h5-16H,2-4H2,1H3. The van der Waals surface area contributed by atoms with Crippen LogP contribution in [0.15, 0.2) is 93.3 Å². The van der Waals surface area contributed by atoms with Gasteiger partial charge >= 0.3 is 5.97 Å². The minimum absolute atomic E-state index is 0.00120. The third-order valence-electron chi connectivity index (χ3n) is 4.27. The number of unbranched alkanes of at least 4 members (excludes halogenated alkanes) is 1. The van der Waals surface area contributed by atoms with E-state index in [9.17, 15) is 14.9 Å². The molecule has 0 aliphatic rings. The fourth-order valence-corrected chi connectivity index (χ4v) is 2.54. The van der Waals surface area contributed by atoms with Crippen molar-refractivity contribution in [2.24, 2.45) is 20.5 Å². The van der Waals surface area contributed by atoms with Crippen LogP contribution in [0.4, 0.5) is 28.4 Å². The van der Waals surface area contributed by atoms with Crippen molar-refractivity contribution in [3.05, 3.63) is 82.9 Å². The first kappa shape index (κ1) is 22.4. The van der Waals surface area contributed by atoms with Gasteiger partial charge in [-0.3, -0.25) is 14.9 Å². The first-order valence-electron chi connectivity index (χ1n) is 10.0. The molecular formula is C23H21N5O4. The van der Waals surface area contributed by atoms with E-state index in [2.05, 4.69) is 20.5 Å². The van der Waals surface area contributed by atoms with Crippen LogP contribution in [0.5, 0.6) is 5.75 Å². The summed E-state index contributed by atoms with van der Waals surface area (Å²) in [5, 5.41) is 27.2. The monoisotopic (exact) mass is 431 g/mol. The molecule has 0 radical (unpaired) electrons. The molecule has 3 aromatic carbocycles. The molecule has 0 aromatic heterocycles. The maximum Gasteiger partial charge on any atom is 0.311 e. The normalized spacial score (nSPS) is 11.2. The highest BCUT2D eigenvalue weighted by atomic mass is 16.6. The maximum absolute atomic E-state index is 11.7. The van der Waals surface area contributed by atoms with Gasteiger partial charge in [-0.1, -0.05) is 13.3 Å². The Bertz CT molecular complexity index is 1110. The summed E-state index contributed by atoms with van der Waals surface area (Å²) < 4.78 is 5.26. The van der Waals surface area contributed by atoms with Crippen molar-refractivity contribution < 1.29 is 14.5 Å². The van der Waals surface area contributed by atoms with E-state index in [0.29, 0.717) is 34.9 Å². The number of benzene rings is 3. The molecule has 0 unspecified atom stereocenters. The summed E-state index contributed by atoms with van der Waals surface area (Å²) in [6.45, 7) is 2.02. The number of non-ortho nitro benzene ring substituents is 1. The highest BCUT2D eigenvalue weighted by Crippen LogP contribution is 2.25. The second-order valence-electron chi connectivity index (χ2n) is 6.76. The van der Waals surface area contributed by atoms with Crippen LogP contribution >= 0.6 is 0 Å². The summed E-state index contributed by atoms with van der Waals surface area (Å²) in [7, 11) is 0. The van der Waals surface area contributed by atoms with Gasteiger partial charge in [0.15, 0.2) is 0 Å². The molecule has 0 bridgehead atoms. The van der Waals surface area contributed by atoms with Gasteiger partial charge in [-0.25, -0.2) is 0 Å². The molecule has 0 heterocycles. The van der Waals surface area contributed by atoms with Crippen LogP contribution in [-0.2, 0) is 4.79 Å². The Hall–Kier alpha value is -4.27. The number of nitro benzene ring substituents is 1. The Morgan fingerprint density at radius 1 is 0.781 bits per heavy atom. The third-order valence-corrected chi connectivity index (χ3v) is 4.27. The molecule has 0 amide bonds. The van der Waals surface area contributed by atoms with Gasteiger partial charge in [0.1, 0.15) is 5.75 Å². The first-order chi connectivity index (χ1) is 15.5. The van der Waals surface area contributed by atoms with Crippen LogP contribution in [-0.4, -0.2) is 10.9 Å². The van der Waals surface area contributed by atoms with Gasteiger partial charge in [-0.2, -0.15) is 20.5 Å². The molecule has 3 rings (SSSR count). The molecule has 162 valence electrons. The molecule has 0 fully saturated rings. The zero-order valence-corrected chi connectivity index (χ0v) is 17.4. The topological polar surface area (TPSA) is 119 Å². The van der Waals surface area contributed by atoms with Gasteiger partial charge in [-0.15, -0.1) is 0 Å². The molecular weight excluding hydrogens is 410 g/mol. The lowest BCUT2D eigenvalue weighted by atomic mass is 10.2. The van der Waals surface area contributed by atoms with Crippen molar-refractivity contribution in [2.75, 3.05) is 0 Å². The number of carbonyl (C=O) groups is 1. The molecule has 0 aliphatic carbocycles. The fourth-order valence-electron chi connectivity index (χ4n) is 2.54. The van der Waals surface area contributed by atoms with Crippen molar-refractivity contribution in [3.63, 3.8) is 0 Å². The number of hydrogen-bond donors (Lipinski definition) is 0. The second-order valence-corrected chi connectivity index (χ2v) is 6.76. The molecule has 0 saturated heterocycles. The Labute approximate surface area is 184 Å². The largest absolute Gasteiger partial charge is 0.427 e. The van der Waals surface area contributed by atoms with E-state index in [1.807, 2.05) is 6.92 Å². The second kappa shape index (κ2) is 11.2.